The first-order chi connectivity index (χ1) is 18.9. The van der Waals surface area contributed by atoms with Crippen LogP contribution in [-0.4, -0.2) is 23.5 Å². The number of benzene rings is 2. The number of hydrogen-bond acceptors (Lipinski definition) is 7. The topological polar surface area (TPSA) is 72.9 Å². The van der Waals surface area contributed by atoms with Crippen molar-refractivity contribution >= 4 is 35.2 Å². The summed E-state index contributed by atoms with van der Waals surface area (Å²) >= 11 is 1.59. The number of thioether (sulfide) groups is 1. The van der Waals surface area contributed by atoms with Crippen molar-refractivity contribution < 1.29 is 23.9 Å². The fourth-order valence-electron chi connectivity index (χ4n) is 7.49. The largest absolute Gasteiger partial charge is 0.418 e. The summed E-state index contributed by atoms with van der Waals surface area (Å²) in [5.74, 6) is -0.496. The van der Waals surface area contributed by atoms with E-state index in [2.05, 4.69) is 17.0 Å². The van der Waals surface area contributed by atoms with Crippen molar-refractivity contribution in [3.63, 3.8) is 0 Å². The Balaban J connectivity index is 1.14. The van der Waals surface area contributed by atoms with Gasteiger partial charge in [-0.2, -0.15) is 0 Å². The molecule has 1 spiro atoms. The zero-order valence-electron chi connectivity index (χ0n) is 21.9. The molecular formula is C32H31NO5S. The van der Waals surface area contributed by atoms with Gasteiger partial charge in [0.05, 0.1) is 10.7 Å². The molecule has 0 aromatic heterocycles. The normalized spacial score (nSPS) is 31.5. The molecule has 1 saturated heterocycles. The number of esters is 2. The van der Waals surface area contributed by atoms with E-state index >= 15 is 0 Å². The molecule has 0 amide bonds. The molecule has 4 aliphatic carbocycles. The second-order valence-corrected chi connectivity index (χ2v) is 12.6. The highest BCUT2D eigenvalue weighted by atomic mass is 32.2. The van der Waals surface area contributed by atoms with Gasteiger partial charge in [0.15, 0.2) is 5.78 Å². The Bertz CT molecular complexity index is 1370. The Morgan fingerprint density at radius 3 is 2.21 bits per heavy atom. The maximum atomic E-state index is 13.2. The Morgan fingerprint density at radius 1 is 0.923 bits per heavy atom. The van der Waals surface area contributed by atoms with Gasteiger partial charge in [-0.3, -0.25) is 4.79 Å². The number of fused-ring (bicyclic) bond motifs is 1. The number of rotatable bonds is 5. The van der Waals surface area contributed by atoms with Crippen LogP contribution in [0.3, 0.4) is 0 Å². The van der Waals surface area contributed by atoms with E-state index in [1.807, 2.05) is 49.4 Å². The number of para-hydroxylation sites is 1. The molecular weight excluding hydrogens is 510 g/mol. The quantitative estimate of drug-likeness (QED) is 0.187. The van der Waals surface area contributed by atoms with E-state index in [0.717, 1.165) is 46.9 Å². The lowest BCUT2D eigenvalue weighted by molar-refractivity contribution is -0.313. The van der Waals surface area contributed by atoms with Gasteiger partial charge in [0.1, 0.15) is 5.57 Å². The van der Waals surface area contributed by atoms with Crippen molar-refractivity contribution in [1.82, 2.24) is 0 Å². The zero-order chi connectivity index (χ0) is 26.7. The molecule has 8 rings (SSSR count). The molecule has 0 atom stereocenters. The van der Waals surface area contributed by atoms with Crippen molar-refractivity contribution in [1.29, 1.82) is 0 Å². The first-order valence-corrected chi connectivity index (χ1v) is 14.8. The molecule has 0 radical (unpaired) electrons. The molecule has 6 nitrogen and oxygen atoms in total. The van der Waals surface area contributed by atoms with Crippen LogP contribution in [0.25, 0.3) is 0 Å². The van der Waals surface area contributed by atoms with Crippen molar-refractivity contribution in [2.75, 3.05) is 4.90 Å². The molecule has 2 aromatic rings. The lowest BCUT2D eigenvalue weighted by atomic mass is 9.53. The van der Waals surface area contributed by atoms with Crippen LogP contribution in [0.15, 0.2) is 76.2 Å². The molecule has 4 bridgehead atoms. The summed E-state index contributed by atoms with van der Waals surface area (Å²) < 4.78 is 12.1. The Kier molecular flexibility index (Phi) is 5.96. The fourth-order valence-corrected chi connectivity index (χ4v) is 8.56. The van der Waals surface area contributed by atoms with Crippen LogP contribution in [0.4, 0.5) is 5.69 Å². The number of carbonyl (C=O) groups is 3. The molecule has 4 saturated carbocycles. The maximum Gasteiger partial charge on any atom is 0.348 e. The smallest absolute Gasteiger partial charge is 0.348 e. The lowest BCUT2D eigenvalue weighted by Gasteiger charge is -2.59. The fraction of sp³-hybridized carbons (Fsp3) is 0.406. The van der Waals surface area contributed by atoms with Gasteiger partial charge in [0.2, 0.25) is 0 Å². The summed E-state index contributed by atoms with van der Waals surface area (Å²) in [4.78, 5) is 41.8. The van der Waals surface area contributed by atoms with E-state index in [4.69, 9.17) is 9.47 Å². The van der Waals surface area contributed by atoms with Gasteiger partial charge in [-0.1, -0.05) is 55.1 Å². The number of nitrogens with zero attached hydrogens (tertiary/aromatic N) is 1. The molecule has 0 N–H and O–H groups in total. The van der Waals surface area contributed by atoms with E-state index in [1.165, 1.54) is 6.42 Å². The van der Waals surface area contributed by atoms with Crippen LogP contribution in [0.2, 0.25) is 0 Å². The van der Waals surface area contributed by atoms with Crippen molar-refractivity contribution in [2.24, 2.45) is 23.7 Å². The third-order valence-corrected chi connectivity index (χ3v) is 10.3. The number of carbonyl (C=O) groups excluding carboxylic acids is 3. The highest BCUT2D eigenvalue weighted by Gasteiger charge is 2.64. The Hall–Kier alpha value is -3.32. The van der Waals surface area contributed by atoms with Crippen LogP contribution >= 0.6 is 11.8 Å². The van der Waals surface area contributed by atoms with Gasteiger partial charge in [-0.15, -0.1) is 0 Å². The first kappa shape index (κ1) is 24.7. The minimum absolute atomic E-state index is 0.0548. The molecule has 2 heterocycles. The van der Waals surface area contributed by atoms with Gasteiger partial charge in [-0.25, -0.2) is 9.59 Å². The minimum atomic E-state index is -1.07. The molecule has 39 heavy (non-hydrogen) atoms. The van der Waals surface area contributed by atoms with Gasteiger partial charge in [-0.05, 0) is 73.8 Å². The lowest BCUT2D eigenvalue weighted by Crippen LogP contribution is -2.63. The Morgan fingerprint density at radius 2 is 1.56 bits per heavy atom. The van der Waals surface area contributed by atoms with Gasteiger partial charge >= 0.3 is 11.9 Å². The predicted octanol–water partition coefficient (Wildman–Crippen LogP) is 6.41. The van der Waals surface area contributed by atoms with Gasteiger partial charge in [0.25, 0.3) is 5.79 Å². The SMILES string of the molecule is CCC(=O)c1ccc(CN2C(=CC=C3C(=O)OC4(OC3=O)C3CC5CC(C3)CC4C5)Sc3ccccc32)cc1. The molecule has 200 valence electrons. The second-order valence-electron chi connectivity index (χ2n) is 11.5. The van der Waals surface area contributed by atoms with Crippen LogP contribution < -0.4 is 4.90 Å². The monoisotopic (exact) mass is 541 g/mol. The molecule has 2 aromatic carbocycles. The van der Waals surface area contributed by atoms with E-state index in [0.29, 0.717) is 30.4 Å². The number of ether oxygens (including phenoxy) is 2. The molecule has 0 unspecified atom stereocenters. The standard InChI is InChI=1S/C32H31NO5S/c1-2-27(34)22-9-7-19(8-10-22)18-33-26-5-3-4-6-28(26)39-29(33)12-11-25-30(35)37-32(38-31(25)36)23-14-20-13-21(16-23)17-24(32)15-20/h3-12,20-21,23-24H,2,13-18H2,1H3. The average Bonchev–Trinajstić information content (AvgIpc) is 3.28. The number of ketones is 1. The van der Waals surface area contributed by atoms with Crippen LogP contribution in [-0.2, 0) is 25.6 Å². The van der Waals surface area contributed by atoms with E-state index in [9.17, 15) is 14.4 Å². The minimum Gasteiger partial charge on any atom is -0.418 e. The van der Waals surface area contributed by atoms with Crippen LogP contribution in [0.5, 0.6) is 0 Å². The summed E-state index contributed by atoms with van der Waals surface area (Å²) in [7, 11) is 0. The van der Waals surface area contributed by atoms with Gasteiger partial charge < -0.3 is 14.4 Å². The summed E-state index contributed by atoms with van der Waals surface area (Å²) in [6.45, 7) is 2.45. The van der Waals surface area contributed by atoms with Crippen molar-refractivity contribution in [3.8, 4) is 0 Å². The number of allylic oxidation sites excluding steroid dienone is 2. The number of hydrogen-bond donors (Lipinski definition) is 0. The third kappa shape index (κ3) is 4.13. The van der Waals surface area contributed by atoms with Crippen molar-refractivity contribution in [2.45, 2.75) is 62.7 Å². The van der Waals surface area contributed by atoms with E-state index in [1.54, 1.807) is 17.8 Å². The Labute approximate surface area is 232 Å². The molecule has 6 aliphatic rings. The summed E-state index contributed by atoms with van der Waals surface area (Å²) in [6, 6.07) is 15.8. The summed E-state index contributed by atoms with van der Waals surface area (Å²) in [5.41, 5.74) is 2.77. The van der Waals surface area contributed by atoms with Crippen LogP contribution in [0, 0.1) is 23.7 Å². The second kappa shape index (κ2) is 9.40. The highest BCUT2D eigenvalue weighted by molar-refractivity contribution is 8.03. The van der Waals surface area contributed by atoms with Crippen LogP contribution in [0.1, 0.15) is 61.4 Å². The number of anilines is 1. The summed E-state index contributed by atoms with van der Waals surface area (Å²) in [6.07, 6.45) is 9.03. The first-order valence-electron chi connectivity index (χ1n) is 14.0. The third-order valence-electron chi connectivity index (χ3n) is 9.19. The molecule has 5 fully saturated rings. The maximum absolute atomic E-state index is 13.2. The number of Topliss-reactive ketones (excluding diaryl/α,β-unsaturated/α-hetero) is 1. The highest BCUT2D eigenvalue weighted by Crippen LogP contribution is 2.61. The van der Waals surface area contributed by atoms with E-state index in [-0.39, 0.29) is 23.2 Å². The predicted molar refractivity (Wildman–Crippen MR) is 148 cm³/mol. The van der Waals surface area contributed by atoms with E-state index < -0.39 is 17.7 Å². The summed E-state index contributed by atoms with van der Waals surface area (Å²) in [5, 5.41) is 0.896. The van der Waals surface area contributed by atoms with Crippen molar-refractivity contribution in [3.05, 3.63) is 82.4 Å². The zero-order valence-corrected chi connectivity index (χ0v) is 22.7. The van der Waals surface area contributed by atoms with Gasteiger partial charge in [0, 0.05) is 35.3 Å². The molecule has 2 aliphatic heterocycles. The average molecular weight is 542 g/mol. The molecule has 7 heteroatoms.